The Labute approximate surface area is 126 Å². The minimum atomic E-state index is -4.41. The van der Waals surface area contributed by atoms with E-state index < -0.39 is 17.7 Å². The third kappa shape index (κ3) is 3.40. The van der Waals surface area contributed by atoms with Crippen LogP contribution >= 0.6 is 0 Å². The fraction of sp³-hybridized carbons (Fsp3) is 0.467. The highest BCUT2D eigenvalue weighted by Crippen LogP contribution is 2.32. The molecule has 2 amide bonds. The van der Waals surface area contributed by atoms with Crippen LogP contribution < -0.4 is 5.32 Å². The highest BCUT2D eigenvalue weighted by molar-refractivity contribution is 5.89. The van der Waals surface area contributed by atoms with Gasteiger partial charge < -0.3 is 10.2 Å². The maximum atomic E-state index is 12.8. The summed E-state index contributed by atoms with van der Waals surface area (Å²) >= 11 is 0. The summed E-state index contributed by atoms with van der Waals surface area (Å²) in [4.78, 5) is 24.9. The normalized spacial score (nSPS) is 18.7. The van der Waals surface area contributed by atoms with Crippen LogP contribution in [-0.4, -0.2) is 30.3 Å². The number of nitrogens with zero attached hydrogens (tertiary/aromatic N) is 1. The second kappa shape index (κ2) is 5.98. The molecule has 1 aliphatic heterocycles. The zero-order chi connectivity index (χ0) is 16.5. The van der Waals surface area contributed by atoms with Crippen molar-refractivity contribution in [1.82, 2.24) is 10.2 Å². The Morgan fingerprint density at radius 2 is 2.09 bits per heavy atom. The number of rotatable bonds is 3. The number of halogens is 3. The molecule has 0 aromatic heterocycles. The number of amides is 2. The molecule has 0 spiro atoms. The molecule has 1 N–H and O–H groups in total. The molecule has 1 heterocycles. The molecule has 1 unspecified atom stereocenters. The average molecular weight is 314 g/mol. The number of nitrogens with one attached hydrogen (secondary N) is 1. The van der Waals surface area contributed by atoms with Crippen LogP contribution in [0.4, 0.5) is 13.2 Å². The van der Waals surface area contributed by atoms with Crippen molar-refractivity contribution in [2.75, 3.05) is 13.6 Å². The molecular weight excluding hydrogens is 297 g/mol. The number of alkyl halides is 3. The Morgan fingerprint density at radius 1 is 1.41 bits per heavy atom. The van der Waals surface area contributed by atoms with Crippen LogP contribution in [0.5, 0.6) is 0 Å². The van der Waals surface area contributed by atoms with E-state index in [0.717, 1.165) is 6.07 Å². The Balaban J connectivity index is 2.03. The van der Waals surface area contributed by atoms with Crippen LogP contribution in [0.1, 0.15) is 23.1 Å². The van der Waals surface area contributed by atoms with Gasteiger partial charge in [-0.05, 0) is 24.1 Å². The van der Waals surface area contributed by atoms with E-state index >= 15 is 0 Å². The van der Waals surface area contributed by atoms with Gasteiger partial charge in [-0.1, -0.05) is 12.1 Å². The largest absolute Gasteiger partial charge is 0.416 e. The molecule has 1 atom stereocenters. The van der Waals surface area contributed by atoms with E-state index in [9.17, 15) is 22.8 Å². The third-order valence-corrected chi connectivity index (χ3v) is 3.92. The number of likely N-dealkylation sites (tertiary alicyclic amines) is 1. The van der Waals surface area contributed by atoms with E-state index in [4.69, 9.17) is 0 Å². The van der Waals surface area contributed by atoms with Crippen LogP contribution in [0.15, 0.2) is 18.2 Å². The van der Waals surface area contributed by atoms with Crippen molar-refractivity contribution in [1.29, 1.82) is 0 Å². The molecule has 1 aliphatic rings. The monoisotopic (exact) mass is 314 g/mol. The molecule has 0 aliphatic carbocycles. The van der Waals surface area contributed by atoms with E-state index in [2.05, 4.69) is 5.32 Å². The highest BCUT2D eigenvalue weighted by atomic mass is 19.4. The molecule has 0 bridgehead atoms. The van der Waals surface area contributed by atoms with Gasteiger partial charge in [0.2, 0.25) is 11.8 Å². The molecule has 1 fully saturated rings. The zero-order valence-electron chi connectivity index (χ0n) is 12.3. The van der Waals surface area contributed by atoms with E-state index in [1.54, 1.807) is 13.1 Å². The third-order valence-electron chi connectivity index (χ3n) is 3.92. The Bertz CT molecular complexity index is 599. The first-order valence-electron chi connectivity index (χ1n) is 6.87. The molecule has 22 heavy (non-hydrogen) atoms. The molecule has 0 saturated carbocycles. The summed E-state index contributed by atoms with van der Waals surface area (Å²) in [6.07, 6.45) is -4.27. The van der Waals surface area contributed by atoms with Gasteiger partial charge in [0.25, 0.3) is 0 Å². The standard InChI is InChI=1S/C15H17F3N2O2/c1-9-10(4-3-5-12(9)15(16,17)18)7-19-14(22)11-6-13(21)20(2)8-11/h3-5,11H,6-8H2,1-2H3,(H,19,22). The van der Waals surface area contributed by atoms with Gasteiger partial charge in [0.1, 0.15) is 0 Å². The van der Waals surface area contributed by atoms with E-state index in [1.165, 1.54) is 17.9 Å². The number of carbonyl (C=O) groups is 2. The molecule has 120 valence electrons. The van der Waals surface area contributed by atoms with Gasteiger partial charge in [-0.3, -0.25) is 9.59 Å². The van der Waals surface area contributed by atoms with Gasteiger partial charge in [-0.25, -0.2) is 0 Å². The Hall–Kier alpha value is -2.05. The maximum Gasteiger partial charge on any atom is 0.416 e. The lowest BCUT2D eigenvalue weighted by Crippen LogP contribution is -2.32. The summed E-state index contributed by atoms with van der Waals surface area (Å²) in [6, 6.07) is 3.90. The average Bonchev–Trinajstić information content (AvgIpc) is 2.76. The number of hydrogen-bond acceptors (Lipinski definition) is 2. The van der Waals surface area contributed by atoms with Crippen molar-refractivity contribution in [2.24, 2.45) is 5.92 Å². The summed E-state index contributed by atoms with van der Waals surface area (Å²) in [5.74, 6) is -0.853. The van der Waals surface area contributed by atoms with Crippen molar-refractivity contribution in [3.63, 3.8) is 0 Å². The summed E-state index contributed by atoms with van der Waals surface area (Å²) in [5.41, 5.74) is -0.175. The van der Waals surface area contributed by atoms with E-state index in [0.29, 0.717) is 12.1 Å². The van der Waals surface area contributed by atoms with Gasteiger partial charge in [0.15, 0.2) is 0 Å². The minimum Gasteiger partial charge on any atom is -0.352 e. The van der Waals surface area contributed by atoms with Gasteiger partial charge in [0.05, 0.1) is 11.5 Å². The molecular formula is C15H17F3N2O2. The lowest BCUT2D eigenvalue weighted by Gasteiger charge is -2.15. The molecule has 4 nitrogen and oxygen atoms in total. The number of hydrogen-bond donors (Lipinski definition) is 1. The van der Waals surface area contributed by atoms with Gasteiger partial charge in [0, 0.05) is 26.6 Å². The van der Waals surface area contributed by atoms with Crippen molar-refractivity contribution in [3.8, 4) is 0 Å². The van der Waals surface area contributed by atoms with Crippen LogP contribution in [-0.2, 0) is 22.3 Å². The van der Waals surface area contributed by atoms with Crippen molar-refractivity contribution in [3.05, 3.63) is 34.9 Å². The fourth-order valence-electron chi connectivity index (χ4n) is 2.55. The SMILES string of the molecule is Cc1c(CNC(=O)C2CC(=O)N(C)C2)cccc1C(F)(F)F. The minimum absolute atomic E-state index is 0.0169. The van der Waals surface area contributed by atoms with Crippen LogP contribution in [0.2, 0.25) is 0 Å². The van der Waals surface area contributed by atoms with Gasteiger partial charge in [-0.2, -0.15) is 13.2 Å². The first kappa shape index (κ1) is 16.3. The fourth-order valence-corrected chi connectivity index (χ4v) is 2.55. The van der Waals surface area contributed by atoms with Gasteiger partial charge in [-0.15, -0.1) is 0 Å². The molecule has 0 radical (unpaired) electrons. The van der Waals surface area contributed by atoms with Crippen LogP contribution in [0.25, 0.3) is 0 Å². The second-order valence-corrected chi connectivity index (χ2v) is 5.48. The lowest BCUT2D eigenvalue weighted by molar-refractivity contribution is -0.138. The van der Waals surface area contributed by atoms with Crippen LogP contribution in [0.3, 0.4) is 0 Å². The molecule has 7 heteroatoms. The predicted octanol–water partition coefficient (Wildman–Crippen LogP) is 2.11. The van der Waals surface area contributed by atoms with E-state index in [-0.39, 0.29) is 30.3 Å². The summed E-state index contributed by atoms with van der Waals surface area (Å²) in [6.45, 7) is 1.74. The first-order valence-corrected chi connectivity index (χ1v) is 6.87. The van der Waals surface area contributed by atoms with Crippen molar-refractivity contribution >= 4 is 11.8 Å². The van der Waals surface area contributed by atoms with Crippen molar-refractivity contribution in [2.45, 2.75) is 26.1 Å². The maximum absolute atomic E-state index is 12.8. The molecule has 1 saturated heterocycles. The molecule has 1 aromatic rings. The summed E-state index contributed by atoms with van der Waals surface area (Å²) < 4.78 is 38.5. The van der Waals surface area contributed by atoms with E-state index in [1.807, 2.05) is 0 Å². The predicted molar refractivity (Wildman–Crippen MR) is 73.8 cm³/mol. The lowest BCUT2D eigenvalue weighted by atomic mass is 10.0. The Morgan fingerprint density at radius 3 is 2.64 bits per heavy atom. The first-order chi connectivity index (χ1) is 10.2. The molecule has 2 rings (SSSR count). The number of benzene rings is 1. The van der Waals surface area contributed by atoms with Crippen LogP contribution in [0, 0.1) is 12.8 Å². The Kier molecular flexibility index (Phi) is 4.44. The topological polar surface area (TPSA) is 49.4 Å². The van der Waals surface area contributed by atoms with Gasteiger partial charge >= 0.3 is 6.18 Å². The quantitative estimate of drug-likeness (QED) is 0.929. The number of carbonyl (C=O) groups excluding carboxylic acids is 2. The highest BCUT2D eigenvalue weighted by Gasteiger charge is 2.34. The summed E-state index contributed by atoms with van der Waals surface area (Å²) in [7, 11) is 1.62. The van der Waals surface area contributed by atoms with Crippen molar-refractivity contribution < 1.29 is 22.8 Å². The molecule has 1 aromatic carbocycles. The zero-order valence-corrected chi connectivity index (χ0v) is 12.3. The summed E-state index contributed by atoms with van der Waals surface area (Å²) in [5, 5.41) is 2.62. The smallest absolute Gasteiger partial charge is 0.352 e. The second-order valence-electron chi connectivity index (χ2n) is 5.48.